The molecule has 0 bridgehead atoms. The minimum Gasteiger partial charge on any atom is -0.481 e. The highest BCUT2D eigenvalue weighted by Gasteiger charge is 2.26. The molecule has 0 spiro atoms. The Balaban J connectivity index is 2.03. The predicted molar refractivity (Wildman–Crippen MR) is 69.9 cm³/mol. The monoisotopic (exact) mass is 267 g/mol. The molecule has 5 heteroatoms. The molecule has 1 amide bonds. The van der Waals surface area contributed by atoms with E-state index < -0.39 is 5.97 Å². The van der Waals surface area contributed by atoms with Gasteiger partial charge in [-0.1, -0.05) is 0 Å². The smallest absolute Gasteiger partial charge is 0.303 e. The lowest BCUT2D eigenvalue weighted by Crippen LogP contribution is -2.40. The van der Waals surface area contributed by atoms with Gasteiger partial charge in [0.1, 0.15) is 0 Å². The average Bonchev–Trinajstić information content (AvgIpc) is 2.74. The van der Waals surface area contributed by atoms with Crippen LogP contribution in [0.25, 0.3) is 0 Å². The summed E-state index contributed by atoms with van der Waals surface area (Å²) < 4.78 is 0. The fourth-order valence-electron chi connectivity index (χ4n) is 2.40. The average molecular weight is 267 g/mol. The van der Waals surface area contributed by atoms with Crippen LogP contribution in [0.1, 0.15) is 34.5 Å². The van der Waals surface area contributed by atoms with Crippen LogP contribution in [-0.2, 0) is 4.79 Å². The molecule has 1 unspecified atom stereocenters. The molecule has 1 fully saturated rings. The number of likely N-dealkylation sites (tertiary alicyclic amines) is 1. The Morgan fingerprint density at radius 3 is 2.94 bits per heavy atom. The van der Waals surface area contributed by atoms with Gasteiger partial charge in [0, 0.05) is 19.5 Å². The molecule has 0 radical (unpaired) electrons. The normalized spacial score (nSPS) is 19.8. The van der Waals surface area contributed by atoms with Crippen LogP contribution in [0.4, 0.5) is 0 Å². The number of nitrogens with zero attached hydrogens (tertiary/aromatic N) is 1. The van der Waals surface area contributed by atoms with E-state index in [2.05, 4.69) is 0 Å². The van der Waals surface area contributed by atoms with E-state index in [1.165, 1.54) is 11.3 Å². The van der Waals surface area contributed by atoms with Gasteiger partial charge < -0.3 is 10.0 Å². The molecule has 1 aliphatic rings. The minimum atomic E-state index is -0.776. The summed E-state index contributed by atoms with van der Waals surface area (Å²) in [7, 11) is 0. The fourth-order valence-corrected chi connectivity index (χ4v) is 3.29. The number of carboxylic acid groups (broad SMARTS) is 1. The van der Waals surface area contributed by atoms with Crippen molar-refractivity contribution in [2.45, 2.75) is 26.2 Å². The summed E-state index contributed by atoms with van der Waals surface area (Å²) in [5.41, 5.74) is 1.00. The number of piperidine rings is 1. The van der Waals surface area contributed by atoms with E-state index in [1.807, 2.05) is 18.4 Å². The van der Waals surface area contributed by atoms with Crippen LogP contribution in [0.5, 0.6) is 0 Å². The van der Waals surface area contributed by atoms with Crippen molar-refractivity contribution in [3.8, 4) is 0 Å². The van der Waals surface area contributed by atoms with Gasteiger partial charge in [0.2, 0.25) is 0 Å². The van der Waals surface area contributed by atoms with E-state index >= 15 is 0 Å². The molecule has 4 nitrogen and oxygen atoms in total. The van der Waals surface area contributed by atoms with Gasteiger partial charge in [-0.25, -0.2) is 0 Å². The number of aliphatic carboxylic acids is 1. The van der Waals surface area contributed by atoms with E-state index in [1.54, 1.807) is 4.90 Å². The Bertz CT molecular complexity index is 455. The summed E-state index contributed by atoms with van der Waals surface area (Å²) in [4.78, 5) is 25.6. The van der Waals surface area contributed by atoms with Crippen LogP contribution < -0.4 is 0 Å². The summed E-state index contributed by atoms with van der Waals surface area (Å²) in [6.45, 7) is 3.25. The van der Waals surface area contributed by atoms with E-state index in [0.717, 1.165) is 29.8 Å². The van der Waals surface area contributed by atoms with Gasteiger partial charge >= 0.3 is 5.97 Å². The van der Waals surface area contributed by atoms with Crippen molar-refractivity contribution in [2.24, 2.45) is 5.92 Å². The van der Waals surface area contributed by atoms with Crippen molar-refractivity contribution in [3.05, 3.63) is 21.9 Å². The highest BCUT2D eigenvalue weighted by atomic mass is 32.1. The van der Waals surface area contributed by atoms with Crippen molar-refractivity contribution < 1.29 is 14.7 Å². The SMILES string of the molecule is Cc1ccsc1C(=O)N1CCCC(CC(=O)O)C1. The third-order valence-corrected chi connectivity index (χ3v) is 4.33. The van der Waals surface area contributed by atoms with Crippen LogP contribution in [0.15, 0.2) is 11.4 Å². The number of carboxylic acids is 1. The maximum Gasteiger partial charge on any atom is 0.303 e. The van der Waals surface area contributed by atoms with E-state index in [4.69, 9.17) is 5.11 Å². The van der Waals surface area contributed by atoms with Crippen molar-refractivity contribution >= 4 is 23.2 Å². The molecule has 18 heavy (non-hydrogen) atoms. The maximum absolute atomic E-state index is 12.3. The summed E-state index contributed by atoms with van der Waals surface area (Å²) in [6.07, 6.45) is 1.96. The first-order valence-corrected chi connectivity index (χ1v) is 7.01. The third-order valence-electron chi connectivity index (χ3n) is 3.33. The number of rotatable bonds is 3. The summed E-state index contributed by atoms with van der Waals surface area (Å²) in [5, 5.41) is 10.7. The number of hydrogen-bond donors (Lipinski definition) is 1. The lowest BCUT2D eigenvalue weighted by atomic mass is 9.94. The van der Waals surface area contributed by atoms with Crippen LogP contribution in [-0.4, -0.2) is 35.0 Å². The zero-order chi connectivity index (χ0) is 13.1. The standard InChI is InChI=1S/C13H17NO3S/c1-9-4-6-18-12(9)13(17)14-5-2-3-10(8-14)7-11(15)16/h4,6,10H,2-3,5,7-8H2,1H3,(H,15,16). The highest BCUT2D eigenvalue weighted by Crippen LogP contribution is 2.24. The molecular formula is C13H17NO3S. The largest absolute Gasteiger partial charge is 0.481 e. The molecule has 1 saturated heterocycles. The fraction of sp³-hybridized carbons (Fsp3) is 0.538. The first-order valence-electron chi connectivity index (χ1n) is 6.13. The topological polar surface area (TPSA) is 57.6 Å². The molecular weight excluding hydrogens is 250 g/mol. The highest BCUT2D eigenvalue weighted by molar-refractivity contribution is 7.12. The van der Waals surface area contributed by atoms with Crippen molar-refractivity contribution in [2.75, 3.05) is 13.1 Å². The van der Waals surface area contributed by atoms with E-state index in [9.17, 15) is 9.59 Å². The summed E-state index contributed by atoms with van der Waals surface area (Å²) >= 11 is 1.46. The summed E-state index contributed by atoms with van der Waals surface area (Å²) in [6, 6.07) is 1.94. The minimum absolute atomic E-state index is 0.0533. The molecule has 0 aliphatic carbocycles. The number of hydrogen-bond acceptors (Lipinski definition) is 3. The van der Waals surface area contributed by atoms with Crippen LogP contribution in [0, 0.1) is 12.8 Å². The molecule has 1 atom stereocenters. The lowest BCUT2D eigenvalue weighted by Gasteiger charge is -2.32. The molecule has 1 aromatic rings. The second-order valence-electron chi connectivity index (χ2n) is 4.79. The van der Waals surface area contributed by atoms with Gasteiger partial charge in [-0.2, -0.15) is 0 Å². The van der Waals surface area contributed by atoms with Gasteiger partial charge in [0.25, 0.3) is 5.91 Å². The lowest BCUT2D eigenvalue weighted by molar-refractivity contribution is -0.138. The van der Waals surface area contributed by atoms with Gasteiger partial charge in [0.05, 0.1) is 4.88 Å². The Labute approximate surface area is 110 Å². The van der Waals surface area contributed by atoms with Crippen molar-refractivity contribution in [3.63, 3.8) is 0 Å². The molecule has 1 aromatic heterocycles. The molecule has 1 aliphatic heterocycles. The van der Waals surface area contributed by atoms with Gasteiger partial charge in [-0.15, -0.1) is 11.3 Å². The van der Waals surface area contributed by atoms with Crippen LogP contribution in [0.2, 0.25) is 0 Å². The van der Waals surface area contributed by atoms with Gasteiger partial charge in [-0.3, -0.25) is 9.59 Å². The number of thiophene rings is 1. The van der Waals surface area contributed by atoms with E-state index in [-0.39, 0.29) is 18.2 Å². The molecule has 98 valence electrons. The number of carbonyl (C=O) groups is 2. The van der Waals surface area contributed by atoms with Crippen molar-refractivity contribution in [1.82, 2.24) is 4.90 Å². The Morgan fingerprint density at radius 1 is 1.56 bits per heavy atom. The second-order valence-corrected chi connectivity index (χ2v) is 5.71. The number of amides is 1. The van der Waals surface area contributed by atoms with E-state index in [0.29, 0.717) is 6.54 Å². The third kappa shape index (κ3) is 2.90. The Kier molecular flexibility index (Phi) is 4.01. The predicted octanol–water partition coefficient (Wildman–Crippen LogP) is 2.38. The van der Waals surface area contributed by atoms with Gasteiger partial charge in [0.15, 0.2) is 0 Å². The Morgan fingerprint density at radius 2 is 2.33 bits per heavy atom. The van der Waals surface area contributed by atoms with Crippen LogP contribution >= 0.6 is 11.3 Å². The Hall–Kier alpha value is -1.36. The first kappa shape index (κ1) is 13.1. The molecule has 0 aromatic carbocycles. The van der Waals surface area contributed by atoms with Gasteiger partial charge in [-0.05, 0) is 42.7 Å². The zero-order valence-electron chi connectivity index (χ0n) is 10.4. The number of aryl methyl sites for hydroxylation is 1. The van der Waals surface area contributed by atoms with Crippen LogP contribution in [0.3, 0.4) is 0 Å². The zero-order valence-corrected chi connectivity index (χ0v) is 11.2. The first-order chi connectivity index (χ1) is 8.58. The molecule has 2 heterocycles. The molecule has 0 saturated carbocycles. The second kappa shape index (κ2) is 5.52. The molecule has 2 rings (SSSR count). The number of carbonyl (C=O) groups excluding carboxylic acids is 1. The molecule has 1 N–H and O–H groups in total. The quantitative estimate of drug-likeness (QED) is 0.914. The summed E-state index contributed by atoms with van der Waals surface area (Å²) in [5.74, 6) is -0.625. The maximum atomic E-state index is 12.3. The van der Waals surface area contributed by atoms with Crippen molar-refractivity contribution in [1.29, 1.82) is 0 Å².